The van der Waals surface area contributed by atoms with Crippen molar-refractivity contribution in [2.45, 2.75) is 12.7 Å². The second-order valence-corrected chi connectivity index (χ2v) is 3.57. The molecule has 0 aliphatic carbocycles. The van der Waals surface area contributed by atoms with Gasteiger partial charge in [0.05, 0.1) is 5.02 Å². The highest BCUT2D eigenvalue weighted by Crippen LogP contribution is 2.28. The predicted octanol–water partition coefficient (Wildman–Crippen LogP) is 2.04. The van der Waals surface area contributed by atoms with Crippen LogP contribution < -0.4 is 10.5 Å². The van der Waals surface area contributed by atoms with Crippen LogP contribution in [0.15, 0.2) is 18.2 Å². The van der Waals surface area contributed by atoms with E-state index in [1.807, 2.05) is 0 Å². The maximum atomic E-state index is 9.30. The molecule has 0 aliphatic rings. The number of ether oxygens (including phenoxy) is 1. The van der Waals surface area contributed by atoms with Gasteiger partial charge in [0.15, 0.2) is 6.29 Å². The lowest BCUT2D eigenvalue weighted by Gasteiger charge is -2.13. The molecule has 3 N–H and O–H groups in total. The first kappa shape index (κ1) is 11.6. The standard InChI is InChI=1S/C9H11Cl2NO2/c10-6-1-2-8(7(11)5-6)14-9(13)3-4-12/h1-2,5,9,13H,3-4,12H2. The largest absolute Gasteiger partial charge is 0.464 e. The van der Waals surface area contributed by atoms with Gasteiger partial charge in [0.25, 0.3) is 0 Å². The van der Waals surface area contributed by atoms with E-state index >= 15 is 0 Å². The number of hydrogen-bond acceptors (Lipinski definition) is 3. The van der Waals surface area contributed by atoms with E-state index in [9.17, 15) is 5.11 Å². The Bertz CT molecular complexity index is 307. The van der Waals surface area contributed by atoms with Gasteiger partial charge in [0, 0.05) is 11.4 Å². The van der Waals surface area contributed by atoms with Crippen LogP contribution in [0.25, 0.3) is 0 Å². The average Bonchev–Trinajstić information content (AvgIpc) is 2.10. The van der Waals surface area contributed by atoms with Crippen LogP contribution in [-0.4, -0.2) is 17.9 Å². The van der Waals surface area contributed by atoms with Gasteiger partial charge in [-0.2, -0.15) is 0 Å². The molecule has 0 radical (unpaired) electrons. The van der Waals surface area contributed by atoms with Crippen LogP contribution in [0, 0.1) is 0 Å². The van der Waals surface area contributed by atoms with E-state index in [4.69, 9.17) is 33.7 Å². The summed E-state index contributed by atoms with van der Waals surface area (Å²) in [6.45, 7) is 0.354. The highest BCUT2D eigenvalue weighted by Gasteiger charge is 2.08. The summed E-state index contributed by atoms with van der Waals surface area (Å²) in [6, 6.07) is 4.79. The predicted molar refractivity (Wildman–Crippen MR) is 56.8 cm³/mol. The van der Waals surface area contributed by atoms with Gasteiger partial charge in [0.2, 0.25) is 0 Å². The van der Waals surface area contributed by atoms with Gasteiger partial charge < -0.3 is 15.6 Å². The van der Waals surface area contributed by atoms with Crippen molar-refractivity contribution in [1.29, 1.82) is 0 Å². The smallest absolute Gasteiger partial charge is 0.198 e. The Morgan fingerprint density at radius 2 is 2.14 bits per heavy atom. The van der Waals surface area contributed by atoms with Crippen molar-refractivity contribution in [2.75, 3.05) is 6.54 Å². The molecule has 0 amide bonds. The number of rotatable bonds is 4. The zero-order valence-electron chi connectivity index (χ0n) is 7.41. The van der Waals surface area contributed by atoms with Crippen molar-refractivity contribution < 1.29 is 9.84 Å². The normalized spacial score (nSPS) is 12.6. The van der Waals surface area contributed by atoms with Crippen LogP contribution in [0.2, 0.25) is 10.0 Å². The van der Waals surface area contributed by atoms with Gasteiger partial charge in [-0.1, -0.05) is 23.2 Å². The molecule has 1 aromatic rings. The van der Waals surface area contributed by atoms with E-state index < -0.39 is 6.29 Å². The third-order valence-electron chi connectivity index (χ3n) is 1.57. The summed E-state index contributed by atoms with van der Waals surface area (Å²) in [5, 5.41) is 10.2. The first-order chi connectivity index (χ1) is 6.63. The molecule has 5 heteroatoms. The Morgan fingerprint density at radius 3 is 2.71 bits per heavy atom. The van der Waals surface area contributed by atoms with E-state index in [1.165, 1.54) is 0 Å². The molecule has 0 aliphatic heterocycles. The lowest BCUT2D eigenvalue weighted by Crippen LogP contribution is -2.19. The molecule has 0 saturated carbocycles. The summed E-state index contributed by atoms with van der Waals surface area (Å²) >= 11 is 11.5. The van der Waals surface area contributed by atoms with Crippen LogP contribution in [-0.2, 0) is 0 Å². The third kappa shape index (κ3) is 3.35. The minimum Gasteiger partial charge on any atom is -0.464 e. The maximum Gasteiger partial charge on any atom is 0.198 e. The van der Waals surface area contributed by atoms with E-state index in [-0.39, 0.29) is 0 Å². The van der Waals surface area contributed by atoms with E-state index in [1.54, 1.807) is 18.2 Å². The number of halogens is 2. The number of benzene rings is 1. The lowest BCUT2D eigenvalue weighted by molar-refractivity contribution is -0.0208. The molecule has 1 aromatic carbocycles. The summed E-state index contributed by atoms with van der Waals surface area (Å²) < 4.78 is 5.13. The second kappa shape index (κ2) is 5.41. The SMILES string of the molecule is NCCC(O)Oc1ccc(Cl)cc1Cl. The second-order valence-electron chi connectivity index (χ2n) is 2.72. The van der Waals surface area contributed by atoms with Crippen LogP contribution in [0.1, 0.15) is 6.42 Å². The van der Waals surface area contributed by atoms with Gasteiger partial charge in [-0.25, -0.2) is 0 Å². The zero-order chi connectivity index (χ0) is 10.6. The Balaban J connectivity index is 2.67. The maximum absolute atomic E-state index is 9.30. The van der Waals surface area contributed by atoms with Gasteiger partial charge in [-0.05, 0) is 24.7 Å². The molecule has 1 rings (SSSR count). The fourth-order valence-corrected chi connectivity index (χ4v) is 1.37. The molecule has 3 nitrogen and oxygen atoms in total. The monoisotopic (exact) mass is 235 g/mol. The molecule has 0 fully saturated rings. The first-order valence-electron chi connectivity index (χ1n) is 4.13. The van der Waals surface area contributed by atoms with Crippen LogP contribution in [0.5, 0.6) is 5.75 Å². The Morgan fingerprint density at radius 1 is 1.43 bits per heavy atom. The third-order valence-corrected chi connectivity index (χ3v) is 2.10. The summed E-state index contributed by atoms with van der Waals surface area (Å²) in [5.41, 5.74) is 5.25. The van der Waals surface area contributed by atoms with Crippen LogP contribution >= 0.6 is 23.2 Å². The fraction of sp³-hybridized carbons (Fsp3) is 0.333. The van der Waals surface area contributed by atoms with E-state index in [0.717, 1.165) is 0 Å². The highest BCUT2D eigenvalue weighted by atomic mass is 35.5. The molecule has 0 aromatic heterocycles. The molecular formula is C9H11Cl2NO2. The number of hydrogen-bond donors (Lipinski definition) is 2. The molecule has 0 bridgehead atoms. The van der Waals surface area contributed by atoms with Crippen molar-refractivity contribution in [2.24, 2.45) is 5.73 Å². The van der Waals surface area contributed by atoms with Crippen molar-refractivity contribution in [3.05, 3.63) is 28.2 Å². The summed E-state index contributed by atoms with van der Waals surface area (Å²) in [4.78, 5) is 0. The molecule has 0 saturated heterocycles. The minimum atomic E-state index is -0.932. The van der Waals surface area contributed by atoms with Gasteiger partial charge in [-0.15, -0.1) is 0 Å². The molecule has 0 spiro atoms. The highest BCUT2D eigenvalue weighted by molar-refractivity contribution is 6.35. The topological polar surface area (TPSA) is 55.5 Å². The summed E-state index contributed by atoms with van der Waals surface area (Å²) in [5.74, 6) is 0.400. The average molecular weight is 236 g/mol. The van der Waals surface area contributed by atoms with Gasteiger partial charge >= 0.3 is 0 Å². The van der Waals surface area contributed by atoms with Crippen LogP contribution in [0.4, 0.5) is 0 Å². The van der Waals surface area contributed by atoms with Crippen LogP contribution in [0.3, 0.4) is 0 Å². The quantitative estimate of drug-likeness (QED) is 0.786. The van der Waals surface area contributed by atoms with E-state index in [0.29, 0.717) is 28.8 Å². The van der Waals surface area contributed by atoms with Gasteiger partial charge in [0.1, 0.15) is 5.75 Å². The molecule has 14 heavy (non-hydrogen) atoms. The number of aliphatic hydroxyl groups excluding tert-OH is 1. The Hall–Kier alpha value is -0.480. The lowest BCUT2D eigenvalue weighted by atomic mass is 10.3. The molecule has 1 unspecified atom stereocenters. The van der Waals surface area contributed by atoms with Crippen molar-refractivity contribution in [3.63, 3.8) is 0 Å². The van der Waals surface area contributed by atoms with Crippen molar-refractivity contribution >= 4 is 23.2 Å². The van der Waals surface area contributed by atoms with Gasteiger partial charge in [-0.3, -0.25) is 0 Å². The summed E-state index contributed by atoms with van der Waals surface area (Å²) in [7, 11) is 0. The molecular weight excluding hydrogens is 225 g/mol. The van der Waals surface area contributed by atoms with Crippen molar-refractivity contribution in [1.82, 2.24) is 0 Å². The number of nitrogens with two attached hydrogens (primary N) is 1. The molecule has 0 heterocycles. The molecule has 1 atom stereocenters. The molecule has 78 valence electrons. The first-order valence-corrected chi connectivity index (χ1v) is 4.89. The Kier molecular flexibility index (Phi) is 4.48. The fourth-order valence-electron chi connectivity index (χ4n) is 0.919. The minimum absolute atomic E-state index is 0.354. The Labute approximate surface area is 92.4 Å². The summed E-state index contributed by atoms with van der Waals surface area (Å²) in [6.07, 6.45) is -0.572. The number of aliphatic hydroxyl groups is 1. The zero-order valence-corrected chi connectivity index (χ0v) is 8.92. The van der Waals surface area contributed by atoms with Crippen molar-refractivity contribution in [3.8, 4) is 5.75 Å². The van der Waals surface area contributed by atoms with E-state index in [2.05, 4.69) is 0 Å².